The van der Waals surface area contributed by atoms with Gasteiger partial charge in [0.25, 0.3) is 11.5 Å². The average molecular weight is 204 g/mol. The minimum Gasteiger partial charge on any atom is -0.292 e. The Morgan fingerprint density at radius 1 is 1.40 bits per heavy atom. The molecule has 0 radical (unpaired) electrons. The summed E-state index contributed by atoms with van der Waals surface area (Å²) < 4.78 is 1.35. The molecule has 2 aromatic rings. The van der Waals surface area contributed by atoms with Gasteiger partial charge in [0.05, 0.1) is 0 Å². The summed E-state index contributed by atoms with van der Waals surface area (Å²) in [6.45, 7) is 2.06. The lowest BCUT2D eigenvalue weighted by atomic mass is 10.3. The maximum absolute atomic E-state index is 11.6. The van der Waals surface area contributed by atoms with E-state index in [0.717, 1.165) is 18.5 Å². The summed E-state index contributed by atoms with van der Waals surface area (Å²) in [7, 11) is 0. The fourth-order valence-electron chi connectivity index (χ4n) is 1.40. The lowest BCUT2D eigenvalue weighted by Crippen LogP contribution is -2.16. The van der Waals surface area contributed by atoms with E-state index < -0.39 is 0 Å². The number of hydrogen-bond donors (Lipinski definition) is 1. The Bertz CT molecular complexity index is 486. The molecule has 0 aliphatic carbocycles. The zero-order valence-electron chi connectivity index (χ0n) is 8.47. The van der Waals surface area contributed by atoms with Crippen LogP contribution in [0.3, 0.4) is 0 Å². The molecule has 0 aliphatic heterocycles. The first-order valence-electron chi connectivity index (χ1n) is 4.89. The Balaban J connectivity index is 2.41. The van der Waals surface area contributed by atoms with E-state index >= 15 is 0 Å². The van der Waals surface area contributed by atoms with Gasteiger partial charge in [-0.3, -0.25) is 9.89 Å². The van der Waals surface area contributed by atoms with Crippen LogP contribution < -0.4 is 5.56 Å². The van der Waals surface area contributed by atoms with Crippen molar-refractivity contribution in [3.8, 4) is 5.95 Å². The fraction of sp³-hybridized carbons (Fsp3) is 0.300. The molecular weight excluding hydrogens is 192 g/mol. The third-order valence-electron chi connectivity index (χ3n) is 2.04. The summed E-state index contributed by atoms with van der Waals surface area (Å²) >= 11 is 0. The monoisotopic (exact) mass is 204 g/mol. The average Bonchev–Trinajstić information content (AvgIpc) is 2.61. The molecule has 0 aliphatic rings. The quantitative estimate of drug-likeness (QED) is 0.808. The van der Waals surface area contributed by atoms with Crippen molar-refractivity contribution in [2.75, 3.05) is 0 Å². The largest absolute Gasteiger partial charge is 0.292 e. The first kappa shape index (κ1) is 9.64. The van der Waals surface area contributed by atoms with E-state index in [-0.39, 0.29) is 5.56 Å². The number of aromatic nitrogens is 4. The number of aromatic amines is 1. The Morgan fingerprint density at radius 2 is 2.13 bits per heavy atom. The molecule has 0 fully saturated rings. The van der Waals surface area contributed by atoms with Crippen LogP contribution in [0.5, 0.6) is 0 Å². The first-order chi connectivity index (χ1) is 7.31. The van der Waals surface area contributed by atoms with Crippen molar-refractivity contribution < 1.29 is 0 Å². The summed E-state index contributed by atoms with van der Waals surface area (Å²) in [5, 5.41) is 2.98. The highest BCUT2D eigenvalue weighted by molar-refractivity contribution is 5.11. The Hall–Kier alpha value is -1.91. The molecule has 5 heteroatoms. The van der Waals surface area contributed by atoms with Gasteiger partial charge in [0, 0.05) is 24.2 Å². The number of rotatable bonds is 3. The minimum absolute atomic E-state index is 0.121. The van der Waals surface area contributed by atoms with Crippen molar-refractivity contribution in [1.29, 1.82) is 0 Å². The predicted octanol–water partition coefficient (Wildman–Crippen LogP) is 0.908. The van der Waals surface area contributed by atoms with Crippen LogP contribution in [0, 0.1) is 0 Å². The zero-order chi connectivity index (χ0) is 10.7. The molecule has 0 atom stereocenters. The lowest BCUT2D eigenvalue weighted by Gasteiger charge is -1.97. The van der Waals surface area contributed by atoms with Gasteiger partial charge in [-0.15, -0.1) is 0 Å². The molecule has 2 heterocycles. The van der Waals surface area contributed by atoms with Crippen LogP contribution in [0.25, 0.3) is 5.95 Å². The predicted molar refractivity (Wildman–Crippen MR) is 56.0 cm³/mol. The molecule has 1 N–H and O–H groups in total. The molecular formula is C10H12N4O. The molecule has 0 unspecified atom stereocenters. The zero-order valence-corrected chi connectivity index (χ0v) is 8.47. The highest BCUT2D eigenvalue weighted by atomic mass is 16.1. The van der Waals surface area contributed by atoms with Gasteiger partial charge < -0.3 is 0 Å². The number of hydrogen-bond acceptors (Lipinski definition) is 3. The van der Waals surface area contributed by atoms with Crippen LogP contribution in [0.1, 0.15) is 19.0 Å². The molecule has 2 aromatic heterocycles. The lowest BCUT2D eigenvalue weighted by molar-refractivity contribution is 0.752. The van der Waals surface area contributed by atoms with Crippen LogP contribution in [-0.4, -0.2) is 19.7 Å². The molecule has 0 amide bonds. The molecule has 5 nitrogen and oxygen atoms in total. The summed E-state index contributed by atoms with van der Waals surface area (Å²) in [5.41, 5.74) is 0.791. The number of H-pyrrole nitrogens is 1. The van der Waals surface area contributed by atoms with Crippen LogP contribution in [0.4, 0.5) is 0 Å². The second-order valence-electron chi connectivity index (χ2n) is 3.25. The van der Waals surface area contributed by atoms with E-state index in [1.54, 1.807) is 24.5 Å². The van der Waals surface area contributed by atoms with Crippen LogP contribution in [0.15, 0.2) is 29.3 Å². The van der Waals surface area contributed by atoms with E-state index in [9.17, 15) is 4.79 Å². The highest BCUT2D eigenvalue weighted by Gasteiger charge is 2.05. The molecule has 0 aromatic carbocycles. The van der Waals surface area contributed by atoms with Gasteiger partial charge >= 0.3 is 0 Å². The molecule has 0 saturated carbocycles. The number of nitrogens with zero attached hydrogens (tertiary/aromatic N) is 3. The number of aryl methyl sites for hydroxylation is 1. The SMILES string of the molecule is CCCc1cc(=O)n(-c2ncccn2)[nH]1. The Morgan fingerprint density at radius 3 is 2.80 bits per heavy atom. The molecule has 2 rings (SSSR count). The van der Waals surface area contributed by atoms with E-state index in [1.165, 1.54) is 4.68 Å². The standard InChI is InChI=1S/C10H12N4O/c1-2-4-8-7-9(15)14(13-8)10-11-5-3-6-12-10/h3,5-7,13H,2,4H2,1H3. The molecule has 0 bridgehead atoms. The normalized spacial score (nSPS) is 10.5. The van der Waals surface area contributed by atoms with Crippen LogP contribution in [-0.2, 0) is 6.42 Å². The molecule has 15 heavy (non-hydrogen) atoms. The molecule has 0 saturated heterocycles. The summed E-state index contributed by atoms with van der Waals surface area (Å²) in [6.07, 6.45) is 5.06. The number of nitrogens with one attached hydrogen (secondary N) is 1. The van der Waals surface area contributed by atoms with Gasteiger partial charge in [0.1, 0.15) is 0 Å². The summed E-state index contributed by atoms with van der Waals surface area (Å²) in [6, 6.07) is 3.30. The topological polar surface area (TPSA) is 63.6 Å². The van der Waals surface area contributed by atoms with Gasteiger partial charge in [-0.05, 0) is 12.5 Å². The van der Waals surface area contributed by atoms with Crippen molar-refractivity contribution >= 4 is 0 Å². The maximum Gasteiger partial charge on any atom is 0.274 e. The molecule has 0 spiro atoms. The van der Waals surface area contributed by atoms with Crippen molar-refractivity contribution in [2.45, 2.75) is 19.8 Å². The third-order valence-corrected chi connectivity index (χ3v) is 2.04. The molecule has 78 valence electrons. The fourth-order valence-corrected chi connectivity index (χ4v) is 1.40. The van der Waals surface area contributed by atoms with Gasteiger partial charge in [-0.25, -0.2) is 9.97 Å². The van der Waals surface area contributed by atoms with E-state index in [0.29, 0.717) is 5.95 Å². The first-order valence-corrected chi connectivity index (χ1v) is 4.89. The summed E-state index contributed by atoms with van der Waals surface area (Å²) in [4.78, 5) is 19.6. The van der Waals surface area contributed by atoms with Gasteiger partial charge in [-0.1, -0.05) is 13.3 Å². The van der Waals surface area contributed by atoms with Gasteiger partial charge in [-0.2, -0.15) is 4.68 Å². The second-order valence-corrected chi connectivity index (χ2v) is 3.25. The highest BCUT2D eigenvalue weighted by Crippen LogP contribution is 1.98. The second kappa shape index (κ2) is 4.08. The van der Waals surface area contributed by atoms with Crippen molar-refractivity contribution in [3.05, 3.63) is 40.6 Å². The Kier molecular flexibility index (Phi) is 2.62. The third kappa shape index (κ3) is 1.96. The van der Waals surface area contributed by atoms with Crippen LogP contribution >= 0.6 is 0 Å². The van der Waals surface area contributed by atoms with E-state index in [1.807, 2.05) is 0 Å². The van der Waals surface area contributed by atoms with Crippen molar-refractivity contribution in [2.24, 2.45) is 0 Å². The Labute approximate surface area is 86.8 Å². The van der Waals surface area contributed by atoms with Gasteiger partial charge in [0.15, 0.2) is 0 Å². The smallest absolute Gasteiger partial charge is 0.274 e. The minimum atomic E-state index is -0.121. The summed E-state index contributed by atoms with van der Waals surface area (Å²) in [5.74, 6) is 0.379. The van der Waals surface area contributed by atoms with Crippen LogP contribution in [0.2, 0.25) is 0 Å². The van der Waals surface area contributed by atoms with E-state index in [2.05, 4.69) is 22.0 Å². The van der Waals surface area contributed by atoms with Crippen molar-refractivity contribution in [1.82, 2.24) is 19.7 Å². The maximum atomic E-state index is 11.6. The van der Waals surface area contributed by atoms with Gasteiger partial charge in [0.2, 0.25) is 0 Å². The van der Waals surface area contributed by atoms with Crippen molar-refractivity contribution in [3.63, 3.8) is 0 Å². The van der Waals surface area contributed by atoms with E-state index in [4.69, 9.17) is 0 Å².